The second-order valence-electron chi connectivity index (χ2n) is 5.39. The summed E-state index contributed by atoms with van der Waals surface area (Å²) in [5.74, 6) is -0.143. The van der Waals surface area contributed by atoms with Gasteiger partial charge in [-0.05, 0) is 31.9 Å². The molecule has 1 unspecified atom stereocenters. The molecule has 0 aliphatic carbocycles. The van der Waals surface area contributed by atoms with Gasteiger partial charge in [-0.3, -0.25) is 4.79 Å². The van der Waals surface area contributed by atoms with E-state index in [-0.39, 0.29) is 0 Å². The summed E-state index contributed by atoms with van der Waals surface area (Å²) in [5.41, 5.74) is 2.02. The normalized spacial score (nSPS) is 12.1. The number of carbonyl (C=O) groups is 2. The van der Waals surface area contributed by atoms with E-state index in [9.17, 15) is 9.59 Å². The van der Waals surface area contributed by atoms with Crippen LogP contribution in [0, 0.1) is 13.8 Å². The first-order valence-electron chi connectivity index (χ1n) is 7.67. The molecule has 126 valence electrons. The quantitative estimate of drug-likeness (QED) is 0.650. The summed E-state index contributed by atoms with van der Waals surface area (Å²) < 4.78 is 10.1. The van der Waals surface area contributed by atoms with Crippen LogP contribution in [0.4, 0.5) is 5.82 Å². The predicted octanol–water partition coefficient (Wildman–Crippen LogP) is 3.27. The maximum Gasteiger partial charge on any atom is 0.331 e. The van der Waals surface area contributed by atoms with Gasteiger partial charge in [-0.2, -0.15) is 0 Å². The summed E-state index contributed by atoms with van der Waals surface area (Å²) in [6, 6.07) is 9.29. The van der Waals surface area contributed by atoms with Gasteiger partial charge in [0.1, 0.15) is 5.76 Å². The molecule has 6 nitrogen and oxygen atoms in total. The maximum atomic E-state index is 12.1. The van der Waals surface area contributed by atoms with Gasteiger partial charge in [0.05, 0.1) is 0 Å². The first kappa shape index (κ1) is 17.5. The van der Waals surface area contributed by atoms with Crippen molar-refractivity contribution in [3.8, 4) is 0 Å². The fourth-order valence-electron chi connectivity index (χ4n) is 1.98. The molecular weight excluding hydrogens is 308 g/mol. The van der Waals surface area contributed by atoms with Crippen molar-refractivity contribution in [3.63, 3.8) is 0 Å². The Morgan fingerprint density at radius 2 is 2.00 bits per heavy atom. The van der Waals surface area contributed by atoms with Crippen LogP contribution >= 0.6 is 0 Å². The summed E-state index contributed by atoms with van der Waals surface area (Å²) in [6.45, 7) is 5.47. The first-order valence-corrected chi connectivity index (χ1v) is 7.67. The zero-order valence-corrected chi connectivity index (χ0v) is 13.9. The lowest BCUT2D eigenvalue weighted by molar-refractivity contribution is -0.149. The number of benzene rings is 1. The Balaban J connectivity index is 1.92. The van der Waals surface area contributed by atoms with E-state index in [4.69, 9.17) is 9.26 Å². The van der Waals surface area contributed by atoms with Crippen LogP contribution in [-0.4, -0.2) is 23.1 Å². The minimum Gasteiger partial charge on any atom is -0.449 e. The second-order valence-corrected chi connectivity index (χ2v) is 5.39. The number of ether oxygens (including phenoxy) is 1. The number of aromatic nitrogens is 1. The minimum absolute atomic E-state index is 0.294. The van der Waals surface area contributed by atoms with Gasteiger partial charge in [-0.25, -0.2) is 4.79 Å². The first-order chi connectivity index (χ1) is 11.5. The molecule has 0 aliphatic heterocycles. The van der Waals surface area contributed by atoms with Gasteiger partial charge in [0, 0.05) is 12.1 Å². The summed E-state index contributed by atoms with van der Waals surface area (Å²) in [6.07, 6.45) is 2.42. The standard InChI is InChI=1S/C18H20N2O4/c1-4-15(18(22)19-16-11-13(3)24-20-16)23-17(21)10-9-14-7-5-12(2)6-8-14/h5-11,15H,4H2,1-3H3,(H,19,20,22)/b10-9+. The maximum absolute atomic E-state index is 12.1. The summed E-state index contributed by atoms with van der Waals surface area (Å²) in [7, 11) is 0. The van der Waals surface area contributed by atoms with Gasteiger partial charge in [-0.15, -0.1) is 0 Å². The molecule has 1 heterocycles. The van der Waals surface area contributed by atoms with Crippen LogP contribution in [0.5, 0.6) is 0 Å². The Kier molecular flexibility index (Phi) is 5.89. The molecule has 0 bridgehead atoms. The molecule has 0 aliphatic rings. The third kappa shape index (κ3) is 5.08. The molecule has 0 radical (unpaired) electrons. The van der Waals surface area contributed by atoms with Crippen molar-refractivity contribution in [3.05, 3.63) is 53.3 Å². The van der Waals surface area contributed by atoms with Crippen molar-refractivity contribution in [2.45, 2.75) is 33.3 Å². The molecule has 1 atom stereocenters. The lowest BCUT2D eigenvalue weighted by Crippen LogP contribution is -2.31. The van der Waals surface area contributed by atoms with Crippen LogP contribution < -0.4 is 5.32 Å². The van der Waals surface area contributed by atoms with Gasteiger partial charge in [-0.1, -0.05) is 41.9 Å². The largest absolute Gasteiger partial charge is 0.449 e. The fraction of sp³-hybridized carbons (Fsp3) is 0.278. The summed E-state index contributed by atoms with van der Waals surface area (Å²) in [4.78, 5) is 24.0. The highest BCUT2D eigenvalue weighted by molar-refractivity contribution is 5.96. The zero-order valence-electron chi connectivity index (χ0n) is 13.9. The lowest BCUT2D eigenvalue weighted by Gasteiger charge is -2.13. The highest BCUT2D eigenvalue weighted by Gasteiger charge is 2.21. The van der Waals surface area contributed by atoms with Crippen molar-refractivity contribution in [1.82, 2.24) is 5.16 Å². The number of rotatable bonds is 6. The summed E-state index contributed by atoms with van der Waals surface area (Å²) >= 11 is 0. The van der Waals surface area contributed by atoms with E-state index in [0.717, 1.165) is 11.1 Å². The molecule has 24 heavy (non-hydrogen) atoms. The molecular formula is C18H20N2O4. The van der Waals surface area contributed by atoms with Gasteiger partial charge in [0.25, 0.3) is 5.91 Å². The van der Waals surface area contributed by atoms with E-state index in [0.29, 0.717) is 18.0 Å². The molecule has 1 aromatic heterocycles. The molecule has 2 rings (SSSR count). The minimum atomic E-state index is -0.892. The average molecular weight is 328 g/mol. The van der Waals surface area contributed by atoms with Crippen LogP contribution in [-0.2, 0) is 14.3 Å². The predicted molar refractivity (Wildman–Crippen MR) is 90.3 cm³/mol. The van der Waals surface area contributed by atoms with E-state index in [1.807, 2.05) is 31.2 Å². The van der Waals surface area contributed by atoms with Crippen molar-refractivity contribution >= 4 is 23.8 Å². The Bertz CT molecular complexity index is 732. The van der Waals surface area contributed by atoms with Crippen LogP contribution in [0.15, 0.2) is 40.9 Å². The van der Waals surface area contributed by atoms with Gasteiger partial charge in [0.2, 0.25) is 0 Å². The van der Waals surface area contributed by atoms with Crippen LogP contribution in [0.3, 0.4) is 0 Å². The number of nitrogens with one attached hydrogen (secondary N) is 1. The third-order valence-electron chi connectivity index (χ3n) is 3.29. The van der Waals surface area contributed by atoms with E-state index in [2.05, 4.69) is 10.5 Å². The van der Waals surface area contributed by atoms with Crippen molar-refractivity contribution in [2.24, 2.45) is 0 Å². The number of anilines is 1. The second kappa shape index (κ2) is 8.10. The Labute approximate surface area is 140 Å². The molecule has 0 saturated heterocycles. The SMILES string of the molecule is CCC(OC(=O)/C=C/c1ccc(C)cc1)C(=O)Nc1cc(C)on1. The molecule has 0 fully saturated rings. The number of hydrogen-bond acceptors (Lipinski definition) is 5. The monoisotopic (exact) mass is 328 g/mol. The number of hydrogen-bond donors (Lipinski definition) is 1. The molecule has 6 heteroatoms. The third-order valence-corrected chi connectivity index (χ3v) is 3.29. The molecule has 2 aromatic rings. The van der Waals surface area contributed by atoms with Crippen LogP contribution in [0.2, 0.25) is 0 Å². The van der Waals surface area contributed by atoms with E-state index in [1.54, 1.807) is 26.0 Å². The van der Waals surface area contributed by atoms with Crippen LogP contribution in [0.1, 0.15) is 30.2 Å². The number of esters is 1. The fourth-order valence-corrected chi connectivity index (χ4v) is 1.98. The number of aryl methyl sites for hydroxylation is 2. The Hall–Kier alpha value is -2.89. The summed E-state index contributed by atoms with van der Waals surface area (Å²) in [5, 5.41) is 6.23. The van der Waals surface area contributed by atoms with Gasteiger partial charge < -0.3 is 14.6 Å². The van der Waals surface area contributed by atoms with Gasteiger partial charge in [0.15, 0.2) is 11.9 Å². The van der Waals surface area contributed by atoms with Crippen molar-refractivity contribution in [1.29, 1.82) is 0 Å². The van der Waals surface area contributed by atoms with Crippen molar-refractivity contribution < 1.29 is 18.8 Å². The van der Waals surface area contributed by atoms with E-state index in [1.165, 1.54) is 6.08 Å². The molecule has 1 amide bonds. The number of carbonyl (C=O) groups excluding carboxylic acids is 2. The average Bonchev–Trinajstić information content (AvgIpc) is 2.96. The number of amides is 1. The molecule has 1 aromatic carbocycles. The van der Waals surface area contributed by atoms with Crippen LogP contribution in [0.25, 0.3) is 6.08 Å². The molecule has 0 spiro atoms. The van der Waals surface area contributed by atoms with E-state index < -0.39 is 18.0 Å². The van der Waals surface area contributed by atoms with E-state index >= 15 is 0 Å². The Morgan fingerprint density at radius 1 is 1.29 bits per heavy atom. The molecule has 0 saturated carbocycles. The Morgan fingerprint density at radius 3 is 2.58 bits per heavy atom. The molecule has 1 N–H and O–H groups in total. The lowest BCUT2D eigenvalue weighted by atomic mass is 10.1. The topological polar surface area (TPSA) is 81.4 Å². The smallest absolute Gasteiger partial charge is 0.331 e. The highest BCUT2D eigenvalue weighted by Crippen LogP contribution is 2.10. The van der Waals surface area contributed by atoms with Gasteiger partial charge >= 0.3 is 5.97 Å². The zero-order chi connectivity index (χ0) is 17.5. The van der Waals surface area contributed by atoms with Crippen molar-refractivity contribution in [2.75, 3.05) is 5.32 Å². The number of nitrogens with zero attached hydrogens (tertiary/aromatic N) is 1. The highest BCUT2D eigenvalue weighted by atomic mass is 16.5.